The predicted octanol–water partition coefficient (Wildman–Crippen LogP) is 2.96. The van der Waals surface area contributed by atoms with Gasteiger partial charge >= 0.3 is 11.9 Å². The van der Waals surface area contributed by atoms with Gasteiger partial charge in [0.2, 0.25) is 10.0 Å². The van der Waals surface area contributed by atoms with E-state index in [1.165, 1.54) is 6.07 Å². The van der Waals surface area contributed by atoms with Crippen molar-refractivity contribution in [3.8, 4) is 5.75 Å². The highest BCUT2D eigenvalue weighted by Crippen LogP contribution is 2.23. The van der Waals surface area contributed by atoms with Crippen molar-refractivity contribution in [3.63, 3.8) is 0 Å². The summed E-state index contributed by atoms with van der Waals surface area (Å²) in [6.07, 6.45) is -1.68. The first-order chi connectivity index (χ1) is 15.7. The average molecular weight is 475 g/mol. The van der Waals surface area contributed by atoms with Gasteiger partial charge in [0.15, 0.2) is 0 Å². The number of aliphatic carboxylic acids is 1. The predicted molar refractivity (Wildman–Crippen MR) is 122 cm³/mol. The number of aromatic amines is 1. The minimum absolute atomic E-state index is 0.0546. The van der Waals surface area contributed by atoms with Crippen molar-refractivity contribution in [2.75, 3.05) is 0 Å². The highest BCUT2D eigenvalue weighted by atomic mass is 32.2. The molecule has 1 aromatic heterocycles. The molecule has 2 atom stereocenters. The topological polar surface area (TPSA) is 135 Å². The normalized spacial score (nSPS) is 13.4. The van der Waals surface area contributed by atoms with Gasteiger partial charge < -0.3 is 19.6 Å². The first-order valence-electron chi connectivity index (χ1n) is 10.4. The van der Waals surface area contributed by atoms with Crippen molar-refractivity contribution in [2.45, 2.75) is 44.8 Å². The number of hydrogen-bond donors (Lipinski definition) is 3. The lowest BCUT2D eigenvalue weighted by Crippen LogP contribution is -2.38. The molecule has 10 heteroatoms. The molecule has 0 fully saturated rings. The van der Waals surface area contributed by atoms with Gasteiger partial charge in [0, 0.05) is 17.3 Å². The quantitative estimate of drug-likeness (QED) is 0.287. The zero-order valence-corrected chi connectivity index (χ0v) is 19.1. The molecule has 0 radical (unpaired) electrons. The summed E-state index contributed by atoms with van der Waals surface area (Å²) >= 11 is 0. The van der Waals surface area contributed by atoms with Gasteiger partial charge in [-0.1, -0.05) is 37.3 Å². The molecule has 1 heterocycles. The van der Waals surface area contributed by atoms with Gasteiger partial charge in [0.25, 0.3) is 6.10 Å². The molecule has 0 aliphatic carbocycles. The monoisotopic (exact) mass is 474 g/mol. The first kappa shape index (κ1) is 24.3. The summed E-state index contributed by atoms with van der Waals surface area (Å²) in [5.74, 6) is -2.40. The Kier molecular flexibility index (Phi) is 7.72. The van der Waals surface area contributed by atoms with Crippen molar-refractivity contribution in [1.29, 1.82) is 0 Å². The van der Waals surface area contributed by atoms with E-state index < -0.39 is 34.2 Å². The number of carboxylic acids is 1. The van der Waals surface area contributed by atoms with Crippen molar-refractivity contribution in [1.82, 2.24) is 9.71 Å². The van der Waals surface area contributed by atoms with E-state index in [1.54, 1.807) is 49.4 Å². The smallest absolute Gasteiger partial charge is 0.359 e. The van der Waals surface area contributed by atoms with Crippen molar-refractivity contribution >= 4 is 32.9 Å². The molecule has 0 aliphatic heterocycles. The molecule has 3 rings (SSSR count). The molecule has 0 spiro atoms. The summed E-state index contributed by atoms with van der Waals surface area (Å²) in [7, 11) is -3.54. The molecular weight excluding hydrogens is 448 g/mol. The Morgan fingerprint density at radius 1 is 1.12 bits per heavy atom. The maximum Gasteiger partial charge on any atom is 0.359 e. The molecule has 0 saturated carbocycles. The Morgan fingerprint density at radius 2 is 1.85 bits per heavy atom. The summed E-state index contributed by atoms with van der Waals surface area (Å²) in [5, 5.41) is 10.1. The second-order valence-electron chi connectivity index (χ2n) is 7.60. The number of rotatable bonds is 11. The maximum atomic E-state index is 12.3. The number of aromatic nitrogens is 1. The summed E-state index contributed by atoms with van der Waals surface area (Å²) in [5.41, 5.74) is 1.90. The highest BCUT2D eigenvalue weighted by molar-refractivity contribution is 7.88. The summed E-state index contributed by atoms with van der Waals surface area (Å²) in [6.45, 7) is 3.53. The molecule has 9 nitrogen and oxygen atoms in total. The Hall–Kier alpha value is -3.37. The first-order valence-corrected chi connectivity index (χ1v) is 12.0. The number of esters is 1. The highest BCUT2D eigenvalue weighted by Gasteiger charge is 2.31. The van der Waals surface area contributed by atoms with E-state index >= 15 is 0 Å². The molecule has 0 saturated heterocycles. The van der Waals surface area contributed by atoms with Crippen LogP contribution in [0.15, 0.2) is 54.6 Å². The fourth-order valence-corrected chi connectivity index (χ4v) is 4.15. The number of carboxylic acid groups (broad SMARTS) is 1. The zero-order valence-electron chi connectivity index (χ0n) is 18.3. The van der Waals surface area contributed by atoms with Crippen LogP contribution in [0.2, 0.25) is 0 Å². The number of carbonyl (C=O) groups is 2. The van der Waals surface area contributed by atoms with Gasteiger partial charge in [-0.15, -0.1) is 0 Å². The van der Waals surface area contributed by atoms with Crippen LogP contribution in [0.4, 0.5) is 0 Å². The molecule has 0 bridgehead atoms. The second-order valence-corrected chi connectivity index (χ2v) is 9.41. The van der Waals surface area contributed by atoms with Crippen LogP contribution in [0.5, 0.6) is 5.75 Å². The third-order valence-corrected chi connectivity index (χ3v) is 6.21. The maximum absolute atomic E-state index is 12.3. The van der Waals surface area contributed by atoms with Gasteiger partial charge in [0.1, 0.15) is 5.75 Å². The lowest BCUT2D eigenvalue weighted by molar-refractivity contribution is -0.166. The van der Waals surface area contributed by atoms with E-state index in [4.69, 9.17) is 9.47 Å². The molecule has 0 aliphatic rings. The van der Waals surface area contributed by atoms with Gasteiger partial charge in [-0.3, -0.25) is 0 Å². The summed E-state index contributed by atoms with van der Waals surface area (Å²) in [4.78, 5) is 26.7. The lowest BCUT2D eigenvalue weighted by atomic mass is 10.2. The van der Waals surface area contributed by atoms with E-state index in [9.17, 15) is 23.1 Å². The Bertz CT molecular complexity index is 1220. The largest absolute Gasteiger partial charge is 0.478 e. The molecule has 3 aromatic rings. The minimum atomic E-state index is -3.54. The van der Waals surface area contributed by atoms with Crippen LogP contribution in [0.3, 0.4) is 0 Å². The molecular formula is C23H26N2O7S. The summed E-state index contributed by atoms with van der Waals surface area (Å²) < 4.78 is 37.7. The lowest BCUT2D eigenvalue weighted by Gasteiger charge is -2.17. The van der Waals surface area contributed by atoms with Gasteiger partial charge in [-0.25, -0.2) is 22.7 Å². The van der Waals surface area contributed by atoms with Crippen LogP contribution in [0.25, 0.3) is 10.9 Å². The van der Waals surface area contributed by atoms with Gasteiger partial charge in [-0.2, -0.15) is 0 Å². The molecule has 2 aromatic carbocycles. The number of benzene rings is 2. The van der Waals surface area contributed by atoms with Crippen molar-refractivity contribution in [2.24, 2.45) is 0 Å². The van der Waals surface area contributed by atoms with Crippen molar-refractivity contribution < 1.29 is 32.6 Å². The molecule has 176 valence electrons. The molecule has 33 heavy (non-hydrogen) atoms. The molecule has 2 unspecified atom stereocenters. The zero-order chi connectivity index (χ0) is 24.0. The third kappa shape index (κ3) is 6.80. The van der Waals surface area contributed by atoms with Gasteiger partial charge in [-0.05, 0) is 42.5 Å². The van der Waals surface area contributed by atoms with E-state index in [1.807, 2.05) is 13.0 Å². The van der Waals surface area contributed by atoms with E-state index in [2.05, 4.69) is 9.71 Å². The van der Waals surface area contributed by atoms with Crippen LogP contribution in [-0.4, -0.2) is 42.7 Å². The third-order valence-electron chi connectivity index (χ3n) is 4.92. The average Bonchev–Trinajstić information content (AvgIpc) is 3.18. The van der Waals surface area contributed by atoms with Crippen LogP contribution >= 0.6 is 0 Å². The number of ether oxygens (including phenoxy) is 2. The number of H-pyrrole nitrogens is 1. The number of fused-ring (bicyclic) bond motifs is 1. The summed E-state index contributed by atoms with van der Waals surface area (Å²) in [6, 6.07) is 15.4. The van der Waals surface area contributed by atoms with Crippen LogP contribution in [0, 0.1) is 0 Å². The standard InChI is InChI=1S/C23H26N2O7S/c1-3-15(2)31-23(28)21(22(26)27)32-19-10-9-17-11-18(25-20(17)12-19)13-24-33(29,30)14-16-7-5-4-6-8-16/h4-12,15,21,24-25H,3,13-14H2,1-2H3,(H,26,27). The minimum Gasteiger partial charge on any atom is -0.478 e. The Labute approximate surface area is 191 Å². The molecule has 3 N–H and O–H groups in total. The van der Waals surface area contributed by atoms with E-state index in [0.717, 1.165) is 5.39 Å². The number of hydrogen-bond acceptors (Lipinski definition) is 6. The van der Waals surface area contributed by atoms with Crippen LogP contribution < -0.4 is 9.46 Å². The molecule has 0 amide bonds. The Balaban J connectivity index is 1.68. The number of nitrogens with one attached hydrogen (secondary N) is 2. The fourth-order valence-electron chi connectivity index (χ4n) is 3.05. The second kappa shape index (κ2) is 10.5. The van der Waals surface area contributed by atoms with Gasteiger partial charge in [0.05, 0.1) is 18.4 Å². The van der Waals surface area contributed by atoms with Crippen LogP contribution in [0.1, 0.15) is 31.5 Å². The number of sulfonamides is 1. The van der Waals surface area contributed by atoms with Crippen LogP contribution in [-0.2, 0) is 36.6 Å². The number of carbonyl (C=O) groups excluding carboxylic acids is 1. The SMILES string of the molecule is CCC(C)OC(=O)C(Oc1ccc2cc(CNS(=O)(=O)Cc3ccccc3)[nH]c2c1)C(=O)O. The van der Waals surface area contributed by atoms with E-state index in [-0.39, 0.29) is 18.0 Å². The van der Waals surface area contributed by atoms with Crippen molar-refractivity contribution in [3.05, 3.63) is 65.9 Å². The van der Waals surface area contributed by atoms with E-state index in [0.29, 0.717) is 23.2 Å². The fraction of sp³-hybridized carbons (Fsp3) is 0.304. The Morgan fingerprint density at radius 3 is 2.52 bits per heavy atom.